The minimum Gasteiger partial charge on any atom is -0.417 e. The molecule has 0 aliphatic heterocycles. The maximum Gasteiger partial charge on any atom is 0.191 e. The molecule has 248 valence electrons. The first-order chi connectivity index (χ1) is 23.0. The van der Waals surface area contributed by atoms with Gasteiger partial charge >= 0.3 is 0 Å². The molecular formula is C43H56O2Si2. The zero-order valence-electron chi connectivity index (χ0n) is 29.8. The Bertz CT molecular complexity index is 1650. The van der Waals surface area contributed by atoms with E-state index in [1.54, 1.807) is 5.57 Å². The molecule has 3 aliphatic rings. The van der Waals surface area contributed by atoms with Gasteiger partial charge in [-0.3, -0.25) is 0 Å². The zero-order chi connectivity index (χ0) is 33.1. The van der Waals surface area contributed by atoms with Gasteiger partial charge < -0.3 is 8.85 Å². The molecule has 47 heavy (non-hydrogen) atoms. The lowest BCUT2D eigenvalue weighted by atomic mass is 9.59. The molecule has 3 aliphatic carbocycles. The second-order valence-corrected chi connectivity index (χ2v) is 23.6. The van der Waals surface area contributed by atoms with E-state index >= 15 is 0 Å². The van der Waals surface area contributed by atoms with Gasteiger partial charge in [-0.05, 0) is 92.9 Å². The van der Waals surface area contributed by atoms with Crippen molar-refractivity contribution in [2.24, 2.45) is 11.3 Å². The second-order valence-electron chi connectivity index (χ2n) is 14.1. The predicted molar refractivity (Wildman–Crippen MR) is 206 cm³/mol. The van der Waals surface area contributed by atoms with E-state index < -0.39 is 16.6 Å². The largest absolute Gasteiger partial charge is 0.417 e. The summed E-state index contributed by atoms with van der Waals surface area (Å²) in [6, 6.07) is 34.8. The average molecular weight is 661 g/mol. The minimum absolute atomic E-state index is 0.189. The molecule has 6 rings (SSSR count). The van der Waals surface area contributed by atoms with Gasteiger partial charge in [0, 0.05) is 30.5 Å². The molecule has 0 saturated heterocycles. The molecule has 0 spiro atoms. The Morgan fingerprint density at radius 2 is 1.04 bits per heavy atom. The first-order valence-corrected chi connectivity index (χ1v) is 23.7. The van der Waals surface area contributed by atoms with Crippen LogP contribution in [0.5, 0.6) is 0 Å². The lowest BCUT2D eigenvalue weighted by Gasteiger charge is -2.46. The molecule has 3 aromatic carbocycles. The third-order valence-electron chi connectivity index (χ3n) is 12.6. The molecule has 4 heteroatoms. The van der Waals surface area contributed by atoms with Crippen LogP contribution in [0.3, 0.4) is 0 Å². The minimum atomic E-state index is -1.79. The first kappa shape index (κ1) is 34.1. The molecule has 0 aromatic heterocycles. The van der Waals surface area contributed by atoms with Crippen LogP contribution in [0.4, 0.5) is 0 Å². The fourth-order valence-electron chi connectivity index (χ4n) is 9.37. The van der Waals surface area contributed by atoms with Crippen LogP contribution in [0.2, 0.25) is 36.3 Å². The summed E-state index contributed by atoms with van der Waals surface area (Å²) >= 11 is 0. The van der Waals surface area contributed by atoms with Crippen molar-refractivity contribution in [1.82, 2.24) is 0 Å². The van der Waals surface area contributed by atoms with Crippen molar-refractivity contribution >= 4 is 27.8 Å². The molecule has 0 fully saturated rings. The van der Waals surface area contributed by atoms with Crippen molar-refractivity contribution in [2.45, 2.75) is 96.6 Å². The van der Waals surface area contributed by atoms with Crippen LogP contribution in [0.25, 0.3) is 22.3 Å². The Kier molecular flexibility index (Phi) is 10.4. The summed E-state index contributed by atoms with van der Waals surface area (Å²) in [6.07, 6.45) is 11.3. The van der Waals surface area contributed by atoms with Gasteiger partial charge in [-0.15, -0.1) is 0 Å². The summed E-state index contributed by atoms with van der Waals surface area (Å²) in [4.78, 5) is 0. The second kappa shape index (κ2) is 14.4. The van der Waals surface area contributed by atoms with E-state index in [1.807, 2.05) is 0 Å². The maximum atomic E-state index is 7.22. The molecule has 0 saturated carbocycles. The Morgan fingerprint density at radius 1 is 0.574 bits per heavy atom. The lowest BCUT2D eigenvalue weighted by molar-refractivity contribution is 0.168. The van der Waals surface area contributed by atoms with Crippen LogP contribution < -0.4 is 10.4 Å². The maximum absolute atomic E-state index is 7.22. The third kappa shape index (κ3) is 5.94. The van der Waals surface area contributed by atoms with Crippen LogP contribution in [0, 0.1) is 11.3 Å². The molecule has 0 bridgehead atoms. The summed E-state index contributed by atoms with van der Waals surface area (Å²) in [5.74, 6) is 0.485. The van der Waals surface area contributed by atoms with Crippen LogP contribution >= 0.6 is 0 Å². The van der Waals surface area contributed by atoms with Crippen molar-refractivity contribution in [3.63, 3.8) is 0 Å². The summed E-state index contributed by atoms with van der Waals surface area (Å²) < 4.78 is 14.4. The number of hydrogen-bond acceptors (Lipinski definition) is 2. The molecule has 2 nitrogen and oxygen atoms in total. The van der Waals surface area contributed by atoms with Gasteiger partial charge in [0.15, 0.2) is 16.6 Å². The van der Waals surface area contributed by atoms with Gasteiger partial charge in [-0.25, -0.2) is 0 Å². The van der Waals surface area contributed by atoms with Crippen LogP contribution in [0.15, 0.2) is 97.1 Å². The summed E-state index contributed by atoms with van der Waals surface area (Å²) in [5.41, 5.74) is 8.57. The molecule has 0 N–H and O–H groups in total. The van der Waals surface area contributed by atoms with Crippen LogP contribution in [-0.2, 0) is 8.85 Å². The van der Waals surface area contributed by atoms with E-state index in [-0.39, 0.29) is 17.3 Å². The zero-order valence-corrected chi connectivity index (χ0v) is 31.8. The summed E-state index contributed by atoms with van der Waals surface area (Å²) in [6.45, 7) is 15.7. The molecule has 0 amide bonds. The molecule has 0 radical (unpaired) electrons. The highest BCUT2D eigenvalue weighted by Crippen LogP contribution is 2.61. The monoisotopic (exact) mass is 660 g/mol. The van der Waals surface area contributed by atoms with Crippen molar-refractivity contribution in [3.8, 4) is 11.1 Å². The van der Waals surface area contributed by atoms with E-state index in [9.17, 15) is 0 Å². The summed E-state index contributed by atoms with van der Waals surface area (Å²) in [5, 5.41) is 2.83. The number of allylic oxidation sites excluding steroid dienone is 4. The number of rotatable bonds is 16. The highest BCUT2D eigenvalue weighted by molar-refractivity contribution is 6.74. The third-order valence-corrected chi connectivity index (χ3v) is 21.9. The van der Waals surface area contributed by atoms with Gasteiger partial charge in [0.2, 0.25) is 0 Å². The fourth-order valence-corrected chi connectivity index (χ4v) is 14.7. The van der Waals surface area contributed by atoms with Crippen LogP contribution in [0.1, 0.15) is 71.4 Å². The topological polar surface area (TPSA) is 18.5 Å². The van der Waals surface area contributed by atoms with E-state index in [4.69, 9.17) is 8.85 Å². The van der Waals surface area contributed by atoms with Crippen molar-refractivity contribution < 1.29 is 8.85 Å². The molecule has 1 atom stereocenters. The SMILES string of the molecule is CC[Si](CC)(CC)OCCC(CCO[Si](CC)(CC)CC)(C1=c2ccccc2=C2C=CC=CC21)C1c2ccccc2-c2ccccc21. The number of benzene rings is 3. The first-order valence-electron chi connectivity index (χ1n) is 18.6. The Labute approximate surface area is 286 Å². The Hall–Kier alpha value is -2.77. The van der Waals surface area contributed by atoms with E-state index in [1.165, 1.54) is 74.5 Å². The van der Waals surface area contributed by atoms with E-state index in [0.717, 1.165) is 26.1 Å². The number of hydrogen-bond donors (Lipinski definition) is 0. The number of fused-ring (bicyclic) bond motifs is 5. The van der Waals surface area contributed by atoms with Gasteiger partial charge in [-0.2, -0.15) is 0 Å². The van der Waals surface area contributed by atoms with Crippen molar-refractivity contribution in [3.05, 3.63) is 119 Å². The van der Waals surface area contributed by atoms with E-state index in [0.29, 0.717) is 0 Å². The van der Waals surface area contributed by atoms with Crippen molar-refractivity contribution in [2.75, 3.05) is 13.2 Å². The van der Waals surface area contributed by atoms with Gasteiger partial charge in [-0.1, -0.05) is 139 Å². The lowest BCUT2D eigenvalue weighted by Crippen LogP contribution is -2.43. The smallest absolute Gasteiger partial charge is 0.191 e. The van der Waals surface area contributed by atoms with Gasteiger partial charge in [0.25, 0.3) is 0 Å². The molecule has 0 heterocycles. The fraction of sp³-hybridized carbons (Fsp3) is 0.442. The Morgan fingerprint density at radius 3 is 1.55 bits per heavy atom. The highest BCUT2D eigenvalue weighted by atomic mass is 28.4. The van der Waals surface area contributed by atoms with Crippen LogP contribution in [-0.4, -0.2) is 29.8 Å². The standard InChI is InChI=1S/C43H56O2Si2/c1-7-46(8-2,9-3)44-31-29-43(30-32-45-47(10-4,11-5)12-6,41-37-25-17-13-21-33(37)34-22-14-18-26-38(34)41)42-39-27-19-15-23-35(39)36-24-16-20-28-40(36)42/h13-28,37,42H,7-12,29-32H2,1-6H3. The van der Waals surface area contributed by atoms with E-state index in [2.05, 4.69) is 139 Å². The molecular weight excluding hydrogens is 605 g/mol. The predicted octanol–water partition coefficient (Wildman–Crippen LogP) is 10.4. The average Bonchev–Trinajstić information content (AvgIpc) is 3.66. The summed E-state index contributed by atoms with van der Waals surface area (Å²) in [7, 11) is -3.58. The highest BCUT2D eigenvalue weighted by Gasteiger charge is 2.51. The van der Waals surface area contributed by atoms with Gasteiger partial charge in [0.05, 0.1) is 0 Å². The van der Waals surface area contributed by atoms with Crippen molar-refractivity contribution in [1.29, 1.82) is 0 Å². The Balaban J connectivity index is 1.60. The quantitative estimate of drug-likeness (QED) is 0.142. The molecule has 3 aromatic rings. The van der Waals surface area contributed by atoms with Gasteiger partial charge in [0.1, 0.15) is 0 Å². The molecule has 1 unspecified atom stereocenters. The normalized spacial score (nSPS) is 17.2.